The highest BCUT2D eigenvalue weighted by Gasteiger charge is 2.46. The monoisotopic (exact) mass is 409 g/mol. The van der Waals surface area contributed by atoms with Crippen LogP contribution in [0.4, 0.5) is 21.0 Å². The second-order valence-electron chi connectivity index (χ2n) is 5.78. The summed E-state index contributed by atoms with van der Waals surface area (Å²) in [6, 6.07) is 17.4. The van der Waals surface area contributed by atoms with Gasteiger partial charge >= 0.3 is 23.8 Å². The number of nitrogens with one attached hydrogen (secondary N) is 1. The molecular formula is C18H13N6O6+. The van der Waals surface area contributed by atoms with E-state index >= 15 is 0 Å². The van der Waals surface area contributed by atoms with Gasteiger partial charge in [0.25, 0.3) is 5.90 Å². The quantitative estimate of drug-likeness (QED) is 0.641. The highest BCUT2D eigenvalue weighted by atomic mass is 16.7. The van der Waals surface area contributed by atoms with E-state index in [-0.39, 0.29) is 23.2 Å². The third-order valence-corrected chi connectivity index (χ3v) is 3.92. The predicted octanol–water partition coefficient (Wildman–Crippen LogP) is 3.05. The molecule has 0 bridgehead atoms. The Kier molecular flexibility index (Phi) is 4.88. The zero-order valence-corrected chi connectivity index (χ0v) is 15.0. The first-order valence-electron chi connectivity index (χ1n) is 8.43. The van der Waals surface area contributed by atoms with Gasteiger partial charge in [-0.3, -0.25) is 4.84 Å². The van der Waals surface area contributed by atoms with Crippen molar-refractivity contribution in [3.8, 4) is 0 Å². The number of benzene rings is 2. The summed E-state index contributed by atoms with van der Waals surface area (Å²) in [5, 5.41) is 23.6. The summed E-state index contributed by atoms with van der Waals surface area (Å²) in [4.78, 5) is 39.7. The van der Waals surface area contributed by atoms with E-state index in [4.69, 9.17) is 19.9 Å². The number of hydrogen-bond acceptors (Lipinski definition) is 7. The molecule has 0 unspecified atom stereocenters. The van der Waals surface area contributed by atoms with Gasteiger partial charge in [-0.15, -0.1) is 9.98 Å². The van der Waals surface area contributed by atoms with Crippen molar-refractivity contribution in [2.45, 2.75) is 0 Å². The smallest absolute Gasteiger partial charge is 0.434 e. The maximum Gasteiger partial charge on any atom is 0.434 e. The van der Waals surface area contributed by atoms with Crippen molar-refractivity contribution >= 4 is 35.4 Å². The Hall–Kier alpha value is -4.58. The van der Waals surface area contributed by atoms with Crippen molar-refractivity contribution in [2.24, 2.45) is 15.3 Å². The average molecular weight is 409 g/mol. The van der Waals surface area contributed by atoms with Crippen molar-refractivity contribution < 1.29 is 34.2 Å². The molecule has 0 aliphatic carbocycles. The van der Waals surface area contributed by atoms with E-state index in [0.717, 1.165) is 0 Å². The van der Waals surface area contributed by atoms with E-state index in [2.05, 4.69) is 20.9 Å². The van der Waals surface area contributed by atoms with Gasteiger partial charge in [-0.1, -0.05) is 42.0 Å². The number of rotatable bonds is 2. The van der Waals surface area contributed by atoms with Gasteiger partial charge in [0.2, 0.25) is 16.7 Å². The van der Waals surface area contributed by atoms with E-state index in [9.17, 15) is 9.59 Å². The number of amides is 2. The number of nitrogens with zero attached hydrogens (tertiary/aromatic N) is 5. The number of aliphatic imine (C=N–C) groups is 2. The summed E-state index contributed by atoms with van der Waals surface area (Å²) < 4.78 is 1.26. The largest absolute Gasteiger partial charge is 0.463 e. The molecule has 12 nitrogen and oxygen atoms in total. The molecule has 0 aromatic heterocycles. The Morgan fingerprint density at radius 2 is 1.53 bits per heavy atom. The molecule has 0 atom stereocenters. The Balaban J connectivity index is 1.98. The van der Waals surface area contributed by atoms with E-state index < -0.39 is 12.2 Å². The Morgan fingerprint density at radius 3 is 2.17 bits per heavy atom. The van der Waals surface area contributed by atoms with Crippen LogP contribution in [0.3, 0.4) is 0 Å². The van der Waals surface area contributed by atoms with Gasteiger partial charge in [0.05, 0.1) is 5.69 Å². The SMILES string of the molecule is O=C(O)N=C1ONN(c2ccccc2)C1=C1C(=NC(=O)O)ON=[N+]1c1ccccc1. The zero-order valence-electron chi connectivity index (χ0n) is 15.0. The van der Waals surface area contributed by atoms with Gasteiger partial charge in [0.15, 0.2) is 0 Å². The van der Waals surface area contributed by atoms with Gasteiger partial charge in [0.1, 0.15) is 0 Å². The molecule has 2 aromatic rings. The van der Waals surface area contributed by atoms with Crippen molar-refractivity contribution in [1.29, 1.82) is 0 Å². The van der Waals surface area contributed by atoms with Crippen LogP contribution < -0.4 is 10.6 Å². The fraction of sp³-hybridized carbons (Fsp3) is 0. The van der Waals surface area contributed by atoms with Crippen LogP contribution in [0.2, 0.25) is 0 Å². The van der Waals surface area contributed by atoms with Crippen LogP contribution in [0.5, 0.6) is 0 Å². The topological polar surface area (TPSA) is 148 Å². The van der Waals surface area contributed by atoms with Crippen LogP contribution in [-0.4, -0.2) is 38.9 Å². The van der Waals surface area contributed by atoms with Crippen LogP contribution in [0.25, 0.3) is 0 Å². The molecule has 2 heterocycles. The van der Waals surface area contributed by atoms with Crippen molar-refractivity contribution in [3.05, 3.63) is 72.1 Å². The first-order chi connectivity index (χ1) is 14.5. The fourth-order valence-electron chi connectivity index (χ4n) is 2.77. The lowest BCUT2D eigenvalue weighted by atomic mass is 10.2. The third kappa shape index (κ3) is 3.57. The molecule has 30 heavy (non-hydrogen) atoms. The number of hydrogen-bond donors (Lipinski definition) is 3. The number of carbonyl (C=O) groups is 2. The van der Waals surface area contributed by atoms with Crippen LogP contribution in [-0.2, 0) is 9.68 Å². The van der Waals surface area contributed by atoms with Crippen molar-refractivity contribution in [1.82, 2.24) is 5.59 Å². The lowest BCUT2D eigenvalue weighted by molar-refractivity contribution is -0.464. The number of anilines is 1. The van der Waals surface area contributed by atoms with Crippen molar-refractivity contribution in [3.63, 3.8) is 0 Å². The fourth-order valence-corrected chi connectivity index (χ4v) is 2.77. The molecule has 2 aromatic carbocycles. The molecule has 0 radical (unpaired) electrons. The normalized spacial score (nSPS) is 20.8. The highest BCUT2D eigenvalue weighted by molar-refractivity contribution is 6.10. The van der Waals surface area contributed by atoms with E-state index in [1.165, 1.54) is 9.71 Å². The lowest BCUT2D eigenvalue weighted by Gasteiger charge is -2.15. The molecule has 2 aliphatic heterocycles. The summed E-state index contributed by atoms with van der Waals surface area (Å²) >= 11 is 0. The summed E-state index contributed by atoms with van der Waals surface area (Å²) in [6.07, 6.45) is -3.04. The number of hydrazine groups is 1. The first-order valence-corrected chi connectivity index (χ1v) is 8.43. The lowest BCUT2D eigenvalue weighted by Crippen LogP contribution is -2.31. The summed E-state index contributed by atoms with van der Waals surface area (Å²) in [6.45, 7) is 0. The highest BCUT2D eigenvalue weighted by Crippen LogP contribution is 2.32. The molecule has 1 saturated heterocycles. The van der Waals surface area contributed by atoms with Crippen LogP contribution in [0.1, 0.15) is 0 Å². The Morgan fingerprint density at radius 1 is 0.933 bits per heavy atom. The Labute approximate surface area is 168 Å². The van der Waals surface area contributed by atoms with Gasteiger partial charge in [-0.2, -0.15) is 0 Å². The number of para-hydroxylation sites is 2. The second-order valence-corrected chi connectivity index (χ2v) is 5.78. The van der Waals surface area contributed by atoms with E-state index in [1.807, 2.05) is 0 Å². The Bertz CT molecular complexity index is 1130. The van der Waals surface area contributed by atoms with Crippen LogP contribution in [0, 0.1) is 0 Å². The maximum absolute atomic E-state index is 11.2. The van der Waals surface area contributed by atoms with Crippen molar-refractivity contribution in [2.75, 3.05) is 5.01 Å². The minimum Gasteiger partial charge on any atom is -0.463 e. The first kappa shape index (κ1) is 18.8. The molecule has 0 saturated carbocycles. The molecular weight excluding hydrogens is 396 g/mol. The minimum atomic E-state index is -1.52. The third-order valence-electron chi connectivity index (χ3n) is 3.92. The molecule has 4 rings (SSSR count). The maximum atomic E-state index is 11.2. The second kappa shape index (κ2) is 7.81. The van der Waals surface area contributed by atoms with Gasteiger partial charge in [-0.05, 0) is 16.8 Å². The van der Waals surface area contributed by atoms with E-state index in [0.29, 0.717) is 11.4 Å². The van der Waals surface area contributed by atoms with Gasteiger partial charge in [0, 0.05) is 12.1 Å². The predicted molar refractivity (Wildman–Crippen MR) is 101 cm³/mol. The summed E-state index contributed by atoms with van der Waals surface area (Å²) in [5.74, 6) is -0.728. The molecule has 3 N–H and O–H groups in total. The molecule has 2 aliphatic rings. The molecule has 1 fully saturated rings. The van der Waals surface area contributed by atoms with Gasteiger partial charge < -0.3 is 15.1 Å². The van der Waals surface area contributed by atoms with E-state index in [1.54, 1.807) is 60.7 Å². The average Bonchev–Trinajstić information content (AvgIpc) is 3.32. The zero-order chi connectivity index (χ0) is 21.1. The van der Waals surface area contributed by atoms with Crippen LogP contribution >= 0.6 is 0 Å². The van der Waals surface area contributed by atoms with Crippen LogP contribution in [0.15, 0.2) is 87.3 Å². The van der Waals surface area contributed by atoms with Gasteiger partial charge in [-0.25, -0.2) is 14.6 Å². The molecule has 12 heteroatoms. The molecule has 150 valence electrons. The molecule has 2 amide bonds. The number of carboxylic acid groups (broad SMARTS) is 2. The minimum absolute atomic E-state index is 0.0115. The standard InChI is InChI=1S/C18H12N6O6/c25-17(26)19-15-13(23(21-29-15)11-7-3-1-4-8-11)14-16(20-18(27)28)30-22-24(14)12-9-5-2-6-10-12/h1-10,21H,(H-,25,26,27,28)/p+1. The molecule has 0 spiro atoms. The summed E-state index contributed by atoms with van der Waals surface area (Å²) in [5.41, 5.74) is 3.65. The summed E-state index contributed by atoms with van der Waals surface area (Å²) in [7, 11) is 0.